The predicted molar refractivity (Wildman–Crippen MR) is 75.2 cm³/mol. The molecule has 100 valence electrons. The van der Waals surface area contributed by atoms with Gasteiger partial charge in [-0.25, -0.2) is 4.98 Å². The number of nitrogens with one attached hydrogen (secondary N) is 1. The maximum Gasteiger partial charge on any atom is 0.202 e. The van der Waals surface area contributed by atoms with Gasteiger partial charge in [-0.05, 0) is 32.2 Å². The summed E-state index contributed by atoms with van der Waals surface area (Å²) in [5.41, 5.74) is 0. The van der Waals surface area contributed by atoms with Crippen molar-refractivity contribution in [3.63, 3.8) is 0 Å². The molecular weight excluding hydrogens is 244 g/mol. The molecule has 3 rings (SSSR count). The molecule has 2 saturated heterocycles. The predicted octanol–water partition coefficient (Wildman–Crippen LogP) is 2.70. The fraction of sp³-hybridized carbons (Fsp3) is 0.846. The number of fused-ring (bicyclic) bond motifs is 1. The van der Waals surface area contributed by atoms with E-state index in [1.54, 1.807) is 0 Å². The number of nitrogens with zero attached hydrogens (tertiary/aromatic N) is 3. The highest BCUT2D eigenvalue weighted by Gasteiger charge is 2.31. The third kappa shape index (κ3) is 2.52. The second kappa shape index (κ2) is 5.13. The van der Waals surface area contributed by atoms with E-state index in [2.05, 4.69) is 33.4 Å². The maximum absolute atomic E-state index is 4.57. The molecule has 2 fully saturated rings. The van der Waals surface area contributed by atoms with Gasteiger partial charge >= 0.3 is 0 Å². The third-order valence-corrected chi connectivity index (χ3v) is 4.77. The first-order valence-electron chi connectivity index (χ1n) is 7.06. The zero-order valence-corrected chi connectivity index (χ0v) is 12.0. The summed E-state index contributed by atoms with van der Waals surface area (Å²) < 4.78 is 4.41. The van der Waals surface area contributed by atoms with Crippen LogP contribution < -0.4 is 5.32 Å². The van der Waals surface area contributed by atoms with E-state index in [-0.39, 0.29) is 0 Å². The molecule has 4 nitrogen and oxygen atoms in total. The van der Waals surface area contributed by atoms with Crippen LogP contribution in [-0.4, -0.2) is 39.4 Å². The van der Waals surface area contributed by atoms with Crippen molar-refractivity contribution in [3.05, 3.63) is 5.82 Å². The first kappa shape index (κ1) is 12.4. The summed E-state index contributed by atoms with van der Waals surface area (Å²) in [6, 6.07) is 1.41. The Morgan fingerprint density at radius 1 is 1.33 bits per heavy atom. The number of hydrogen-bond donors (Lipinski definition) is 1. The largest absolute Gasteiger partial charge is 0.357 e. The van der Waals surface area contributed by atoms with Gasteiger partial charge in [0.25, 0.3) is 0 Å². The minimum absolute atomic E-state index is 0.425. The van der Waals surface area contributed by atoms with Crippen molar-refractivity contribution >= 4 is 16.7 Å². The molecule has 2 aliphatic rings. The lowest BCUT2D eigenvalue weighted by Gasteiger charge is -2.34. The lowest BCUT2D eigenvalue weighted by molar-refractivity contribution is 0.188. The number of hydrogen-bond acceptors (Lipinski definition) is 5. The normalized spacial score (nSPS) is 28.6. The molecule has 0 radical (unpaired) electrons. The van der Waals surface area contributed by atoms with Crippen molar-refractivity contribution in [3.8, 4) is 0 Å². The van der Waals surface area contributed by atoms with E-state index >= 15 is 0 Å². The average molecular weight is 266 g/mol. The standard InChI is InChI=1S/C13H22N4S/c1-9(2)12-15-13(18-16-12)14-10-5-7-17-6-3-4-11(17)8-10/h9-11H,3-8H2,1-2H3,(H,14,15,16)/t10-,11-/m1/s1. The van der Waals surface area contributed by atoms with Gasteiger partial charge in [0.1, 0.15) is 5.82 Å². The van der Waals surface area contributed by atoms with Crippen LogP contribution in [-0.2, 0) is 0 Å². The van der Waals surface area contributed by atoms with Gasteiger partial charge in [-0.2, -0.15) is 4.37 Å². The van der Waals surface area contributed by atoms with E-state index in [4.69, 9.17) is 0 Å². The van der Waals surface area contributed by atoms with Crippen LogP contribution in [0.5, 0.6) is 0 Å². The lowest BCUT2D eigenvalue weighted by atomic mass is 9.98. The molecule has 1 aromatic rings. The Morgan fingerprint density at radius 2 is 2.22 bits per heavy atom. The molecule has 3 heterocycles. The number of rotatable bonds is 3. The summed E-state index contributed by atoms with van der Waals surface area (Å²) in [6.45, 7) is 6.84. The minimum atomic E-state index is 0.425. The molecule has 0 unspecified atom stereocenters. The first-order valence-corrected chi connectivity index (χ1v) is 7.84. The Hall–Kier alpha value is -0.680. The molecule has 0 saturated carbocycles. The van der Waals surface area contributed by atoms with Crippen LogP contribution in [0.4, 0.5) is 5.13 Å². The summed E-state index contributed by atoms with van der Waals surface area (Å²) in [7, 11) is 0. The fourth-order valence-corrected chi connectivity index (χ4v) is 3.84. The molecule has 0 aliphatic carbocycles. The van der Waals surface area contributed by atoms with E-state index in [1.165, 1.54) is 50.3 Å². The van der Waals surface area contributed by atoms with Crippen LogP contribution in [0.25, 0.3) is 0 Å². The molecule has 2 aliphatic heterocycles. The minimum Gasteiger partial charge on any atom is -0.357 e. The molecule has 0 amide bonds. The zero-order chi connectivity index (χ0) is 12.5. The van der Waals surface area contributed by atoms with E-state index < -0.39 is 0 Å². The van der Waals surface area contributed by atoms with Crippen LogP contribution >= 0.6 is 11.5 Å². The Balaban J connectivity index is 1.59. The van der Waals surface area contributed by atoms with E-state index in [9.17, 15) is 0 Å². The number of aromatic nitrogens is 2. The van der Waals surface area contributed by atoms with Crippen molar-refractivity contribution in [2.75, 3.05) is 18.4 Å². The smallest absolute Gasteiger partial charge is 0.202 e. The molecule has 1 N–H and O–H groups in total. The number of piperidine rings is 1. The summed E-state index contributed by atoms with van der Waals surface area (Å²) in [5.74, 6) is 1.40. The molecule has 0 aromatic carbocycles. The van der Waals surface area contributed by atoms with Gasteiger partial charge in [0.15, 0.2) is 0 Å². The zero-order valence-electron chi connectivity index (χ0n) is 11.2. The van der Waals surface area contributed by atoms with Crippen LogP contribution in [0.1, 0.15) is 51.3 Å². The number of anilines is 1. The van der Waals surface area contributed by atoms with E-state index in [0.717, 1.165) is 17.0 Å². The monoisotopic (exact) mass is 266 g/mol. The molecule has 2 atom stereocenters. The van der Waals surface area contributed by atoms with Crippen LogP contribution in [0, 0.1) is 0 Å². The molecular formula is C13H22N4S. The molecule has 0 bridgehead atoms. The Kier molecular flexibility index (Phi) is 3.52. The second-order valence-electron chi connectivity index (χ2n) is 5.81. The lowest BCUT2D eigenvalue weighted by Crippen LogP contribution is -2.42. The molecule has 1 aromatic heterocycles. The van der Waals surface area contributed by atoms with E-state index in [1.807, 2.05) is 0 Å². The third-order valence-electron chi connectivity index (χ3n) is 4.11. The summed E-state index contributed by atoms with van der Waals surface area (Å²) in [6.07, 6.45) is 5.28. The summed E-state index contributed by atoms with van der Waals surface area (Å²) in [4.78, 5) is 7.22. The van der Waals surface area contributed by atoms with Crippen molar-refractivity contribution < 1.29 is 0 Å². The summed E-state index contributed by atoms with van der Waals surface area (Å²) >= 11 is 1.51. The van der Waals surface area contributed by atoms with Gasteiger partial charge in [-0.3, -0.25) is 0 Å². The molecule has 18 heavy (non-hydrogen) atoms. The second-order valence-corrected chi connectivity index (χ2v) is 6.56. The van der Waals surface area contributed by atoms with E-state index in [0.29, 0.717) is 12.0 Å². The quantitative estimate of drug-likeness (QED) is 0.913. The highest BCUT2D eigenvalue weighted by Crippen LogP contribution is 2.29. The summed E-state index contributed by atoms with van der Waals surface area (Å²) in [5, 5.41) is 4.60. The van der Waals surface area contributed by atoms with Crippen molar-refractivity contribution in [1.82, 2.24) is 14.3 Å². The SMILES string of the molecule is CC(C)c1nsc(N[C@@H]2CCN3CCC[C@@H]3C2)n1. The maximum atomic E-state index is 4.57. The molecule has 0 spiro atoms. The van der Waals surface area contributed by atoms with Crippen molar-refractivity contribution in [2.24, 2.45) is 0 Å². The van der Waals surface area contributed by atoms with Gasteiger partial charge < -0.3 is 10.2 Å². The van der Waals surface area contributed by atoms with Gasteiger partial charge in [-0.15, -0.1) is 0 Å². The van der Waals surface area contributed by atoms with Crippen LogP contribution in [0.2, 0.25) is 0 Å². The Morgan fingerprint density at radius 3 is 3.00 bits per heavy atom. The van der Waals surface area contributed by atoms with Gasteiger partial charge in [-0.1, -0.05) is 13.8 Å². The fourth-order valence-electron chi connectivity index (χ4n) is 3.06. The van der Waals surface area contributed by atoms with Gasteiger partial charge in [0, 0.05) is 36.1 Å². The van der Waals surface area contributed by atoms with Crippen molar-refractivity contribution in [1.29, 1.82) is 0 Å². The van der Waals surface area contributed by atoms with Crippen LogP contribution in [0.3, 0.4) is 0 Å². The first-order chi connectivity index (χ1) is 8.72. The topological polar surface area (TPSA) is 41.1 Å². The Bertz CT molecular complexity index is 403. The van der Waals surface area contributed by atoms with Crippen LogP contribution in [0.15, 0.2) is 0 Å². The Labute approximate surface area is 113 Å². The highest BCUT2D eigenvalue weighted by atomic mass is 32.1. The van der Waals surface area contributed by atoms with Gasteiger partial charge in [0.05, 0.1) is 0 Å². The van der Waals surface area contributed by atoms with Gasteiger partial charge in [0.2, 0.25) is 5.13 Å². The average Bonchev–Trinajstić information content (AvgIpc) is 2.96. The molecule has 5 heteroatoms. The van der Waals surface area contributed by atoms with Crippen molar-refractivity contribution in [2.45, 2.75) is 57.5 Å². The highest BCUT2D eigenvalue weighted by molar-refractivity contribution is 7.09.